The van der Waals surface area contributed by atoms with Crippen LogP contribution in [-0.2, 0) is 6.61 Å². The molecule has 0 bridgehead atoms. The van der Waals surface area contributed by atoms with E-state index in [1.165, 1.54) is 11.3 Å². The number of hydrogen-bond donors (Lipinski definition) is 0. The summed E-state index contributed by atoms with van der Waals surface area (Å²) in [5.74, 6) is 0.522. The Morgan fingerprint density at radius 2 is 2.06 bits per heavy atom. The molecule has 2 rings (SSSR count). The fourth-order valence-electron chi connectivity index (χ4n) is 1.32. The van der Waals surface area contributed by atoms with Crippen molar-refractivity contribution in [2.75, 3.05) is 0 Å². The van der Waals surface area contributed by atoms with E-state index in [1.54, 1.807) is 18.2 Å². The zero-order valence-corrected chi connectivity index (χ0v) is 11.0. The first-order chi connectivity index (χ1) is 8.19. The van der Waals surface area contributed by atoms with Gasteiger partial charge in [-0.25, -0.2) is 0 Å². The summed E-state index contributed by atoms with van der Waals surface area (Å²) in [5, 5.41) is 0.513. The van der Waals surface area contributed by atoms with Gasteiger partial charge in [0, 0.05) is 9.90 Å². The van der Waals surface area contributed by atoms with Gasteiger partial charge in [-0.15, -0.1) is 11.3 Å². The van der Waals surface area contributed by atoms with Crippen LogP contribution >= 0.6 is 34.5 Å². The molecule has 2 aromatic rings. The Balaban J connectivity index is 2.11. The predicted molar refractivity (Wildman–Crippen MR) is 70.5 cm³/mol. The molecule has 0 atom stereocenters. The lowest BCUT2D eigenvalue weighted by Gasteiger charge is -2.07. The third kappa shape index (κ3) is 3.22. The van der Waals surface area contributed by atoms with Crippen molar-refractivity contribution in [3.05, 3.63) is 50.1 Å². The molecule has 1 aromatic carbocycles. The third-order valence-corrected chi connectivity index (χ3v) is 3.54. The molecule has 1 heterocycles. The van der Waals surface area contributed by atoms with Crippen LogP contribution in [-0.4, -0.2) is 6.29 Å². The second-order valence-electron chi connectivity index (χ2n) is 3.29. The average molecular weight is 287 g/mol. The monoisotopic (exact) mass is 286 g/mol. The van der Waals surface area contributed by atoms with Crippen LogP contribution < -0.4 is 4.74 Å². The fraction of sp³-hybridized carbons (Fsp3) is 0.0833. The lowest BCUT2D eigenvalue weighted by atomic mass is 10.2. The average Bonchev–Trinajstić information content (AvgIpc) is 2.73. The number of benzene rings is 1. The second kappa shape index (κ2) is 5.54. The van der Waals surface area contributed by atoms with Crippen LogP contribution in [0, 0.1) is 0 Å². The number of carbonyl (C=O) groups excluding carboxylic acids is 1. The Hall–Kier alpha value is -1.03. The summed E-state index contributed by atoms with van der Waals surface area (Å²) < 4.78 is 6.26. The van der Waals surface area contributed by atoms with Gasteiger partial charge in [-0.3, -0.25) is 4.79 Å². The van der Waals surface area contributed by atoms with E-state index in [0.717, 1.165) is 15.5 Å². The van der Waals surface area contributed by atoms with Gasteiger partial charge in [-0.1, -0.05) is 23.2 Å². The van der Waals surface area contributed by atoms with E-state index < -0.39 is 0 Å². The Labute approximate surface area is 113 Å². The van der Waals surface area contributed by atoms with Crippen molar-refractivity contribution in [1.82, 2.24) is 0 Å². The topological polar surface area (TPSA) is 26.3 Å². The van der Waals surface area contributed by atoms with E-state index in [0.29, 0.717) is 22.9 Å². The summed E-state index contributed by atoms with van der Waals surface area (Å²) in [4.78, 5) is 11.8. The van der Waals surface area contributed by atoms with Gasteiger partial charge in [-0.2, -0.15) is 0 Å². The Morgan fingerprint density at radius 1 is 1.24 bits per heavy atom. The molecule has 0 fully saturated rings. The van der Waals surface area contributed by atoms with Crippen LogP contribution in [0.15, 0.2) is 30.3 Å². The molecular weight excluding hydrogens is 279 g/mol. The fourth-order valence-corrected chi connectivity index (χ4v) is 2.50. The Kier molecular flexibility index (Phi) is 4.05. The Bertz CT molecular complexity index is 537. The van der Waals surface area contributed by atoms with Gasteiger partial charge in [0.1, 0.15) is 12.4 Å². The molecule has 0 saturated heterocycles. The number of rotatable bonds is 4. The molecule has 0 aliphatic heterocycles. The van der Waals surface area contributed by atoms with Gasteiger partial charge in [-0.05, 0) is 30.3 Å². The number of halogens is 2. The number of carbonyl (C=O) groups is 1. The molecule has 88 valence electrons. The summed E-state index contributed by atoms with van der Waals surface area (Å²) >= 11 is 13.0. The maximum atomic E-state index is 10.8. The molecule has 0 amide bonds. The van der Waals surface area contributed by atoms with E-state index in [1.807, 2.05) is 12.1 Å². The van der Waals surface area contributed by atoms with Crippen molar-refractivity contribution in [3.8, 4) is 5.75 Å². The molecule has 0 radical (unpaired) electrons. The van der Waals surface area contributed by atoms with E-state index in [2.05, 4.69) is 0 Å². The number of thiophene rings is 1. The first-order valence-corrected chi connectivity index (χ1v) is 6.38. The van der Waals surface area contributed by atoms with Gasteiger partial charge < -0.3 is 4.74 Å². The van der Waals surface area contributed by atoms with Crippen LogP contribution in [0.25, 0.3) is 0 Å². The minimum atomic E-state index is 0.389. The van der Waals surface area contributed by atoms with E-state index in [9.17, 15) is 4.79 Å². The van der Waals surface area contributed by atoms with Crippen molar-refractivity contribution in [2.24, 2.45) is 0 Å². The second-order valence-corrected chi connectivity index (χ2v) is 5.53. The number of aldehydes is 1. The van der Waals surface area contributed by atoms with Crippen LogP contribution in [0.5, 0.6) is 5.75 Å². The van der Waals surface area contributed by atoms with Gasteiger partial charge >= 0.3 is 0 Å². The highest BCUT2D eigenvalue weighted by Gasteiger charge is 2.05. The van der Waals surface area contributed by atoms with Crippen molar-refractivity contribution >= 4 is 40.8 Å². The SMILES string of the molecule is O=Cc1cc(Cl)ccc1OCc1ccc(Cl)s1. The van der Waals surface area contributed by atoms with E-state index in [-0.39, 0.29) is 0 Å². The Morgan fingerprint density at radius 3 is 2.71 bits per heavy atom. The number of ether oxygens (including phenoxy) is 1. The zero-order chi connectivity index (χ0) is 12.3. The molecule has 0 aliphatic carbocycles. The standard InChI is InChI=1S/C12H8Cl2O2S/c13-9-1-3-11(8(5-9)6-15)16-7-10-2-4-12(14)17-10/h1-6H,7H2. The van der Waals surface area contributed by atoms with Crippen molar-refractivity contribution < 1.29 is 9.53 Å². The maximum absolute atomic E-state index is 10.8. The zero-order valence-electron chi connectivity index (χ0n) is 8.65. The molecule has 0 saturated carbocycles. The predicted octanol–water partition coefficient (Wildman–Crippen LogP) is 4.45. The highest BCUT2D eigenvalue weighted by atomic mass is 35.5. The van der Waals surface area contributed by atoms with Gasteiger partial charge in [0.05, 0.1) is 9.90 Å². The minimum absolute atomic E-state index is 0.389. The van der Waals surface area contributed by atoms with E-state index in [4.69, 9.17) is 27.9 Å². The molecule has 17 heavy (non-hydrogen) atoms. The molecule has 0 aliphatic rings. The van der Waals surface area contributed by atoms with Crippen LogP contribution in [0.2, 0.25) is 9.36 Å². The van der Waals surface area contributed by atoms with Crippen molar-refractivity contribution in [2.45, 2.75) is 6.61 Å². The molecule has 0 N–H and O–H groups in total. The molecular formula is C12H8Cl2O2S. The van der Waals surface area contributed by atoms with Crippen molar-refractivity contribution in [3.63, 3.8) is 0 Å². The van der Waals surface area contributed by atoms with E-state index >= 15 is 0 Å². The van der Waals surface area contributed by atoms with Gasteiger partial charge in [0.15, 0.2) is 6.29 Å². The van der Waals surface area contributed by atoms with Crippen LogP contribution in [0.4, 0.5) is 0 Å². The molecule has 0 unspecified atom stereocenters. The van der Waals surface area contributed by atoms with Crippen LogP contribution in [0.1, 0.15) is 15.2 Å². The summed E-state index contributed by atoms with van der Waals surface area (Å²) in [6.07, 6.45) is 0.725. The summed E-state index contributed by atoms with van der Waals surface area (Å²) in [6.45, 7) is 0.389. The molecule has 0 spiro atoms. The molecule has 2 nitrogen and oxygen atoms in total. The van der Waals surface area contributed by atoms with Gasteiger partial charge in [0.25, 0.3) is 0 Å². The van der Waals surface area contributed by atoms with Gasteiger partial charge in [0.2, 0.25) is 0 Å². The quantitative estimate of drug-likeness (QED) is 0.777. The highest BCUT2D eigenvalue weighted by molar-refractivity contribution is 7.16. The smallest absolute Gasteiger partial charge is 0.153 e. The third-order valence-electron chi connectivity index (χ3n) is 2.10. The normalized spacial score (nSPS) is 10.2. The lowest BCUT2D eigenvalue weighted by molar-refractivity contribution is 0.111. The first-order valence-electron chi connectivity index (χ1n) is 4.81. The number of hydrogen-bond acceptors (Lipinski definition) is 3. The lowest BCUT2D eigenvalue weighted by Crippen LogP contribution is -1.96. The van der Waals surface area contributed by atoms with Crippen molar-refractivity contribution in [1.29, 1.82) is 0 Å². The molecule has 5 heteroatoms. The highest BCUT2D eigenvalue weighted by Crippen LogP contribution is 2.25. The minimum Gasteiger partial charge on any atom is -0.487 e. The summed E-state index contributed by atoms with van der Waals surface area (Å²) in [5.41, 5.74) is 0.445. The molecule has 1 aromatic heterocycles. The first kappa shape index (κ1) is 12.4. The maximum Gasteiger partial charge on any atom is 0.153 e. The van der Waals surface area contributed by atoms with Crippen LogP contribution in [0.3, 0.4) is 0 Å². The summed E-state index contributed by atoms with van der Waals surface area (Å²) in [7, 11) is 0. The summed E-state index contributed by atoms with van der Waals surface area (Å²) in [6, 6.07) is 8.65. The largest absolute Gasteiger partial charge is 0.487 e.